The van der Waals surface area contributed by atoms with Crippen LogP contribution in [0.3, 0.4) is 0 Å². The van der Waals surface area contributed by atoms with E-state index in [1.165, 1.54) is 25.1 Å². The highest BCUT2D eigenvalue weighted by Gasteiger charge is 2.23. The molecule has 1 aromatic rings. The van der Waals surface area contributed by atoms with Gasteiger partial charge in [-0.2, -0.15) is 0 Å². The third-order valence-electron chi connectivity index (χ3n) is 3.37. The van der Waals surface area contributed by atoms with E-state index in [0.717, 1.165) is 11.8 Å². The van der Waals surface area contributed by atoms with E-state index < -0.39 is 0 Å². The molecule has 0 aromatic heterocycles. The summed E-state index contributed by atoms with van der Waals surface area (Å²) < 4.78 is 0. The molecule has 1 nitrogen and oxygen atoms in total. The molecule has 1 aromatic carbocycles. The quantitative estimate of drug-likeness (QED) is 0.716. The molecule has 1 saturated heterocycles. The monoisotopic (exact) mass is 189 g/mol. The topological polar surface area (TPSA) is 12.0 Å². The molecule has 14 heavy (non-hydrogen) atoms. The molecule has 0 radical (unpaired) electrons. The van der Waals surface area contributed by atoms with Crippen LogP contribution in [0.25, 0.3) is 0 Å². The summed E-state index contributed by atoms with van der Waals surface area (Å²) in [5.41, 5.74) is 3.01. The molecule has 1 heteroatoms. The van der Waals surface area contributed by atoms with E-state index in [0.29, 0.717) is 0 Å². The first-order valence-electron chi connectivity index (χ1n) is 5.55. The van der Waals surface area contributed by atoms with Gasteiger partial charge in [-0.1, -0.05) is 31.2 Å². The zero-order valence-corrected chi connectivity index (χ0v) is 9.09. The normalized spacial score (nSPS) is 27.6. The Morgan fingerprint density at radius 2 is 2.07 bits per heavy atom. The van der Waals surface area contributed by atoms with Crippen LogP contribution in [0.2, 0.25) is 0 Å². The summed E-state index contributed by atoms with van der Waals surface area (Å²) in [6.45, 7) is 6.91. The predicted octanol–water partition coefficient (Wildman–Crippen LogP) is 2.71. The number of rotatable bonds is 1. The van der Waals surface area contributed by atoms with Gasteiger partial charge in [-0.25, -0.2) is 0 Å². The molecule has 2 unspecified atom stereocenters. The summed E-state index contributed by atoms with van der Waals surface area (Å²) in [5, 5.41) is 3.45. The molecule has 1 aliphatic heterocycles. The van der Waals surface area contributed by atoms with Gasteiger partial charge in [-0.15, -0.1) is 0 Å². The standard InChI is InChI=1S/C13H19N/c1-10-5-3-4-6-12(10)13-7-8-14-9-11(13)2/h3-6,11,13-14H,7-9H2,1-2H3. The minimum Gasteiger partial charge on any atom is -0.316 e. The highest BCUT2D eigenvalue weighted by Crippen LogP contribution is 2.31. The van der Waals surface area contributed by atoms with Gasteiger partial charge in [-0.3, -0.25) is 0 Å². The number of aryl methyl sites for hydroxylation is 1. The maximum Gasteiger partial charge on any atom is -0.00173 e. The predicted molar refractivity (Wildman–Crippen MR) is 60.6 cm³/mol. The Hall–Kier alpha value is -0.820. The lowest BCUT2D eigenvalue weighted by Crippen LogP contribution is -2.34. The SMILES string of the molecule is Cc1ccccc1C1CCNCC1C. The fraction of sp³-hybridized carbons (Fsp3) is 0.538. The molecule has 0 spiro atoms. The summed E-state index contributed by atoms with van der Waals surface area (Å²) in [4.78, 5) is 0. The van der Waals surface area contributed by atoms with Crippen LogP contribution < -0.4 is 5.32 Å². The maximum absolute atomic E-state index is 3.45. The second-order valence-corrected chi connectivity index (χ2v) is 4.43. The molecule has 0 aliphatic carbocycles. The third-order valence-corrected chi connectivity index (χ3v) is 3.37. The highest BCUT2D eigenvalue weighted by molar-refractivity contribution is 5.30. The van der Waals surface area contributed by atoms with E-state index in [-0.39, 0.29) is 0 Å². The van der Waals surface area contributed by atoms with Crippen molar-refractivity contribution in [3.8, 4) is 0 Å². The Balaban J connectivity index is 2.25. The zero-order chi connectivity index (χ0) is 9.97. The average Bonchev–Trinajstić information content (AvgIpc) is 2.20. The minimum absolute atomic E-state index is 0.762. The van der Waals surface area contributed by atoms with Crippen molar-refractivity contribution in [1.82, 2.24) is 5.32 Å². The Morgan fingerprint density at radius 1 is 1.29 bits per heavy atom. The lowest BCUT2D eigenvalue weighted by molar-refractivity contribution is 0.348. The van der Waals surface area contributed by atoms with Crippen molar-refractivity contribution >= 4 is 0 Å². The largest absolute Gasteiger partial charge is 0.316 e. The molecule has 1 N–H and O–H groups in total. The lowest BCUT2D eigenvalue weighted by atomic mass is 9.80. The van der Waals surface area contributed by atoms with Crippen LogP contribution >= 0.6 is 0 Å². The van der Waals surface area contributed by atoms with E-state index in [1.807, 2.05) is 0 Å². The number of hydrogen-bond donors (Lipinski definition) is 1. The van der Waals surface area contributed by atoms with Crippen LogP contribution in [0.1, 0.15) is 30.4 Å². The van der Waals surface area contributed by atoms with Crippen molar-refractivity contribution in [2.45, 2.75) is 26.2 Å². The smallest absolute Gasteiger partial charge is 0.00173 e. The van der Waals surface area contributed by atoms with Crippen LogP contribution in [-0.4, -0.2) is 13.1 Å². The second-order valence-electron chi connectivity index (χ2n) is 4.43. The van der Waals surface area contributed by atoms with E-state index in [9.17, 15) is 0 Å². The van der Waals surface area contributed by atoms with Gasteiger partial charge < -0.3 is 5.32 Å². The van der Waals surface area contributed by atoms with Gasteiger partial charge in [0.2, 0.25) is 0 Å². The van der Waals surface area contributed by atoms with Crippen LogP contribution in [0.15, 0.2) is 24.3 Å². The molecule has 1 fully saturated rings. The molecular formula is C13H19N. The van der Waals surface area contributed by atoms with Crippen LogP contribution in [0.4, 0.5) is 0 Å². The Labute approximate surface area is 86.5 Å². The Bertz CT molecular complexity index is 306. The van der Waals surface area contributed by atoms with E-state index in [1.54, 1.807) is 5.56 Å². The molecule has 0 saturated carbocycles. The van der Waals surface area contributed by atoms with Gasteiger partial charge in [-0.05, 0) is 49.4 Å². The highest BCUT2D eigenvalue weighted by atomic mass is 14.9. The fourth-order valence-electron chi connectivity index (χ4n) is 2.48. The summed E-state index contributed by atoms with van der Waals surface area (Å²) >= 11 is 0. The van der Waals surface area contributed by atoms with Gasteiger partial charge in [0.15, 0.2) is 0 Å². The van der Waals surface area contributed by atoms with Gasteiger partial charge in [0.25, 0.3) is 0 Å². The molecule has 2 rings (SSSR count). The van der Waals surface area contributed by atoms with Gasteiger partial charge in [0, 0.05) is 0 Å². The molecule has 76 valence electrons. The molecule has 1 heterocycles. The van der Waals surface area contributed by atoms with E-state index in [4.69, 9.17) is 0 Å². The fourth-order valence-corrected chi connectivity index (χ4v) is 2.48. The Kier molecular flexibility index (Phi) is 2.87. The van der Waals surface area contributed by atoms with Crippen molar-refractivity contribution < 1.29 is 0 Å². The van der Waals surface area contributed by atoms with Crippen LogP contribution in [0.5, 0.6) is 0 Å². The number of piperidine rings is 1. The van der Waals surface area contributed by atoms with Crippen LogP contribution in [-0.2, 0) is 0 Å². The van der Waals surface area contributed by atoms with E-state index >= 15 is 0 Å². The number of nitrogens with one attached hydrogen (secondary N) is 1. The Morgan fingerprint density at radius 3 is 2.79 bits per heavy atom. The zero-order valence-electron chi connectivity index (χ0n) is 9.09. The summed E-state index contributed by atoms with van der Waals surface area (Å²) in [7, 11) is 0. The summed E-state index contributed by atoms with van der Waals surface area (Å²) in [5.74, 6) is 1.53. The minimum atomic E-state index is 0.762. The van der Waals surface area contributed by atoms with Crippen molar-refractivity contribution in [2.75, 3.05) is 13.1 Å². The van der Waals surface area contributed by atoms with Crippen molar-refractivity contribution in [3.63, 3.8) is 0 Å². The molecule has 2 atom stereocenters. The summed E-state index contributed by atoms with van der Waals surface area (Å²) in [6, 6.07) is 8.81. The van der Waals surface area contributed by atoms with Crippen LogP contribution in [0, 0.1) is 12.8 Å². The van der Waals surface area contributed by atoms with E-state index in [2.05, 4.69) is 43.4 Å². The molecule has 0 amide bonds. The van der Waals surface area contributed by atoms with Crippen molar-refractivity contribution in [2.24, 2.45) is 5.92 Å². The second kappa shape index (κ2) is 4.14. The van der Waals surface area contributed by atoms with Crippen molar-refractivity contribution in [1.29, 1.82) is 0 Å². The summed E-state index contributed by atoms with van der Waals surface area (Å²) in [6.07, 6.45) is 1.28. The maximum atomic E-state index is 3.45. The molecule has 0 bridgehead atoms. The average molecular weight is 189 g/mol. The first-order chi connectivity index (χ1) is 6.79. The van der Waals surface area contributed by atoms with Gasteiger partial charge in [0.1, 0.15) is 0 Å². The van der Waals surface area contributed by atoms with Gasteiger partial charge in [0.05, 0.1) is 0 Å². The first-order valence-corrected chi connectivity index (χ1v) is 5.55. The van der Waals surface area contributed by atoms with Crippen molar-refractivity contribution in [3.05, 3.63) is 35.4 Å². The first kappa shape index (κ1) is 9.72. The number of hydrogen-bond acceptors (Lipinski definition) is 1. The number of benzene rings is 1. The third kappa shape index (κ3) is 1.83. The molecule has 1 aliphatic rings. The molecular weight excluding hydrogens is 170 g/mol. The lowest BCUT2D eigenvalue weighted by Gasteiger charge is -2.30. The van der Waals surface area contributed by atoms with Gasteiger partial charge >= 0.3 is 0 Å².